The number of rotatable bonds is 4. The highest BCUT2D eigenvalue weighted by Gasteiger charge is 2.64. The highest BCUT2D eigenvalue weighted by Crippen LogP contribution is 2.85. The number of allylic oxidation sites excluding steroid dienone is 9. The highest BCUT2D eigenvalue weighted by molar-refractivity contribution is 8.38. The van der Waals surface area contributed by atoms with Crippen LogP contribution in [0.25, 0.3) is 10.8 Å². The SMILES string of the molecule is C1=CC=C(S(c2ccccc2)(c2ccc3ccccc3c2)C23C=CC=CC2C3)CC=C1.CC. The Balaban J connectivity index is 0.00000111. The first kappa shape index (κ1) is 21.8. The van der Waals surface area contributed by atoms with Crippen LogP contribution in [-0.2, 0) is 0 Å². The van der Waals surface area contributed by atoms with Crippen LogP contribution in [0.5, 0.6) is 0 Å². The summed E-state index contributed by atoms with van der Waals surface area (Å²) in [4.78, 5) is 4.51. The maximum Gasteiger partial charge on any atom is 0.0368 e. The Kier molecular flexibility index (Phi) is 6.00. The van der Waals surface area contributed by atoms with Crippen LogP contribution in [0.2, 0.25) is 0 Å². The van der Waals surface area contributed by atoms with E-state index in [1.54, 1.807) is 4.91 Å². The Hall–Kier alpha value is -3.03. The number of hydrogen-bond donors (Lipinski definition) is 0. The van der Waals surface area contributed by atoms with E-state index in [1.165, 1.54) is 27.0 Å². The maximum absolute atomic E-state index is 2.54. The largest absolute Gasteiger partial charge is 0.154 e. The van der Waals surface area contributed by atoms with Gasteiger partial charge in [0.15, 0.2) is 0 Å². The average molecular weight is 449 g/mol. The molecular formula is C32H32S. The van der Waals surface area contributed by atoms with E-state index in [9.17, 15) is 0 Å². The third-order valence-corrected chi connectivity index (χ3v) is 11.7. The fourth-order valence-electron chi connectivity index (χ4n) is 5.47. The molecule has 0 heterocycles. The zero-order valence-electron chi connectivity index (χ0n) is 19.5. The monoisotopic (exact) mass is 448 g/mol. The molecule has 0 nitrogen and oxygen atoms in total. The topological polar surface area (TPSA) is 0 Å². The summed E-state index contributed by atoms with van der Waals surface area (Å²) < 4.78 is 0.156. The van der Waals surface area contributed by atoms with Gasteiger partial charge in [-0.2, -0.15) is 10.0 Å². The van der Waals surface area contributed by atoms with Crippen molar-refractivity contribution in [2.45, 2.75) is 41.2 Å². The van der Waals surface area contributed by atoms with Crippen molar-refractivity contribution in [3.8, 4) is 0 Å². The fraction of sp³-hybridized carbons (Fsp3) is 0.188. The Morgan fingerprint density at radius 2 is 1.52 bits per heavy atom. The molecule has 33 heavy (non-hydrogen) atoms. The summed E-state index contributed by atoms with van der Waals surface area (Å²) in [5.41, 5.74) is 0. The minimum atomic E-state index is -1.48. The lowest BCUT2D eigenvalue weighted by Gasteiger charge is -2.50. The molecule has 1 fully saturated rings. The van der Waals surface area contributed by atoms with E-state index in [0.717, 1.165) is 6.42 Å². The first-order valence-corrected chi connectivity index (χ1v) is 13.7. The van der Waals surface area contributed by atoms with Crippen molar-refractivity contribution in [3.63, 3.8) is 0 Å². The smallest absolute Gasteiger partial charge is 0.0368 e. The molecule has 0 N–H and O–H groups in total. The molecule has 3 aromatic carbocycles. The van der Waals surface area contributed by atoms with Crippen molar-refractivity contribution >= 4 is 20.8 Å². The second kappa shape index (κ2) is 9.08. The van der Waals surface area contributed by atoms with Gasteiger partial charge in [-0.05, 0) is 68.5 Å². The molecule has 3 aliphatic carbocycles. The molecule has 0 aromatic heterocycles. The highest BCUT2D eigenvalue weighted by atomic mass is 32.3. The van der Waals surface area contributed by atoms with Gasteiger partial charge in [0.1, 0.15) is 0 Å². The third-order valence-electron chi connectivity index (χ3n) is 6.93. The van der Waals surface area contributed by atoms with Crippen LogP contribution in [0.4, 0.5) is 0 Å². The number of hydrogen-bond acceptors (Lipinski definition) is 0. The zero-order chi connectivity index (χ0) is 22.7. The zero-order valence-corrected chi connectivity index (χ0v) is 20.3. The van der Waals surface area contributed by atoms with Gasteiger partial charge in [-0.25, -0.2) is 0 Å². The van der Waals surface area contributed by atoms with E-state index in [-0.39, 0.29) is 4.75 Å². The predicted molar refractivity (Wildman–Crippen MR) is 146 cm³/mol. The van der Waals surface area contributed by atoms with Crippen LogP contribution >= 0.6 is 10.0 Å². The molecule has 3 atom stereocenters. The van der Waals surface area contributed by atoms with Crippen LogP contribution in [0.3, 0.4) is 0 Å². The van der Waals surface area contributed by atoms with Gasteiger partial charge in [-0.3, -0.25) is 0 Å². The first-order chi connectivity index (χ1) is 16.3. The predicted octanol–water partition coefficient (Wildman–Crippen LogP) is 9.37. The van der Waals surface area contributed by atoms with E-state index in [1.807, 2.05) is 13.8 Å². The summed E-state index contributed by atoms with van der Waals surface area (Å²) in [6.45, 7) is 4.00. The Bertz CT molecular complexity index is 1290. The van der Waals surface area contributed by atoms with Gasteiger partial charge in [-0.15, -0.1) is 0 Å². The van der Waals surface area contributed by atoms with Gasteiger partial charge in [-0.1, -0.05) is 117 Å². The number of benzene rings is 3. The second-order valence-electron chi connectivity index (χ2n) is 8.59. The van der Waals surface area contributed by atoms with Crippen molar-refractivity contribution in [3.05, 3.63) is 132 Å². The van der Waals surface area contributed by atoms with E-state index < -0.39 is 10.0 Å². The minimum Gasteiger partial charge on any atom is -0.154 e. The Morgan fingerprint density at radius 1 is 0.727 bits per heavy atom. The van der Waals surface area contributed by atoms with Crippen LogP contribution < -0.4 is 0 Å². The van der Waals surface area contributed by atoms with Crippen molar-refractivity contribution in [1.29, 1.82) is 0 Å². The number of fused-ring (bicyclic) bond motifs is 2. The molecule has 0 saturated heterocycles. The van der Waals surface area contributed by atoms with E-state index in [0.29, 0.717) is 5.92 Å². The van der Waals surface area contributed by atoms with E-state index >= 15 is 0 Å². The lowest BCUT2D eigenvalue weighted by molar-refractivity contribution is 0.997. The van der Waals surface area contributed by atoms with Crippen LogP contribution in [0.1, 0.15) is 26.7 Å². The molecule has 3 aliphatic rings. The summed E-state index contributed by atoms with van der Waals surface area (Å²) in [5.74, 6) is 0.608. The molecular weight excluding hydrogens is 416 g/mol. The molecule has 1 saturated carbocycles. The Labute approximate surface area is 200 Å². The normalized spacial score (nSPS) is 25.2. The Morgan fingerprint density at radius 3 is 2.33 bits per heavy atom. The van der Waals surface area contributed by atoms with Crippen molar-refractivity contribution in [1.82, 2.24) is 0 Å². The molecule has 6 rings (SSSR count). The second-order valence-corrected chi connectivity index (χ2v) is 12.0. The molecule has 166 valence electrons. The van der Waals surface area contributed by atoms with E-state index in [4.69, 9.17) is 0 Å². The lowest BCUT2D eigenvalue weighted by atomic mass is 10.1. The summed E-state index contributed by atoms with van der Waals surface area (Å²) >= 11 is 0. The van der Waals surface area contributed by atoms with Gasteiger partial charge >= 0.3 is 0 Å². The third kappa shape index (κ3) is 3.47. The van der Waals surface area contributed by atoms with Crippen LogP contribution in [0, 0.1) is 5.92 Å². The summed E-state index contributed by atoms with van der Waals surface area (Å²) in [7, 11) is -1.48. The van der Waals surface area contributed by atoms with Crippen LogP contribution in [0.15, 0.2) is 142 Å². The fourth-order valence-corrected chi connectivity index (χ4v) is 10.7. The molecule has 0 bridgehead atoms. The molecule has 3 aromatic rings. The molecule has 3 unspecified atom stereocenters. The van der Waals surface area contributed by atoms with E-state index in [2.05, 4.69) is 127 Å². The van der Waals surface area contributed by atoms with Gasteiger partial charge < -0.3 is 0 Å². The molecule has 0 aliphatic heterocycles. The molecule has 1 heteroatoms. The molecule has 0 spiro atoms. The van der Waals surface area contributed by atoms with Crippen molar-refractivity contribution in [2.24, 2.45) is 5.92 Å². The van der Waals surface area contributed by atoms with Crippen molar-refractivity contribution < 1.29 is 0 Å². The lowest BCUT2D eigenvalue weighted by Crippen LogP contribution is -2.24. The standard InChI is InChI=1S/C30H26S.C2H6/c1-2-5-16-27(15-4-1)31(28-17-6-3-7-18-28,30-21-11-10-14-26(30)23-30)29-20-19-24-12-8-9-13-25(24)22-29;1-2/h1-15,17-22,26H,16,23H2;1-2H3. The van der Waals surface area contributed by atoms with Crippen molar-refractivity contribution in [2.75, 3.05) is 0 Å². The minimum absolute atomic E-state index is 0.156. The summed E-state index contributed by atoms with van der Waals surface area (Å²) in [6, 6.07) is 27.3. The average Bonchev–Trinajstić information content (AvgIpc) is 3.68. The first-order valence-electron chi connectivity index (χ1n) is 12.1. The maximum atomic E-state index is 2.54. The van der Waals surface area contributed by atoms with Gasteiger partial charge in [0.2, 0.25) is 0 Å². The molecule has 0 radical (unpaired) electrons. The summed E-state index contributed by atoms with van der Waals surface area (Å²) in [6.07, 6.45) is 23.1. The van der Waals surface area contributed by atoms with Gasteiger partial charge in [0.05, 0.1) is 0 Å². The summed E-state index contributed by atoms with van der Waals surface area (Å²) in [5, 5.41) is 2.64. The molecule has 0 amide bonds. The van der Waals surface area contributed by atoms with Crippen LogP contribution in [-0.4, -0.2) is 4.75 Å². The quantitative estimate of drug-likeness (QED) is 0.373. The van der Waals surface area contributed by atoms with Gasteiger partial charge in [0.25, 0.3) is 0 Å². The van der Waals surface area contributed by atoms with Gasteiger partial charge in [0, 0.05) is 4.75 Å².